The van der Waals surface area contributed by atoms with Crippen molar-refractivity contribution in [1.29, 1.82) is 0 Å². The van der Waals surface area contributed by atoms with Gasteiger partial charge in [0.2, 0.25) is 0 Å². The molecule has 0 atom stereocenters. The summed E-state index contributed by atoms with van der Waals surface area (Å²) in [7, 11) is 0. The summed E-state index contributed by atoms with van der Waals surface area (Å²) >= 11 is 1.68. The number of ether oxygens (including phenoxy) is 1. The number of thioether (sulfide) groups is 1. The van der Waals surface area contributed by atoms with E-state index in [2.05, 4.69) is 10.3 Å². The van der Waals surface area contributed by atoms with Crippen molar-refractivity contribution in [1.82, 2.24) is 4.98 Å². The number of pyridine rings is 1. The lowest BCUT2D eigenvalue weighted by Crippen LogP contribution is -2.20. The highest BCUT2D eigenvalue weighted by molar-refractivity contribution is 7.98. The lowest BCUT2D eigenvalue weighted by molar-refractivity contribution is -0.384. The number of rotatable bonds is 8. The number of benzene rings is 2. The van der Waals surface area contributed by atoms with Crippen LogP contribution in [0.1, 0.15) is 5.56 Å². The first kappa shape index (κ1) is 19.4. The fourth-order valence-electron chi connectivity index (χ4n) is 2.32. The number of amides is 1. The van der Waals surface area contributed by atoms with Gasteiger partial charge in [0.1, 0.15) is 5.75 Å². The van der Waals surface area contributed by atoms with E-state index in [1.165, 1.54) is 18.2 Å². The Morgan fingerprint density at radius 2 is 1.96 bits per heavy atom. The van der Waals surface area contributed by atoms with Gasteiger partial charge in [-0.1, -0.05) is 12.1 Å². The number of nitro benzene ring substituents is 1. The largest absolute Gasteiger partial charge is 0.484 e. The predicted octanol–water partition coefficient (Wildman–Crippen LogP) is 4.30. The van der Waals surface area contributed by atoms with E-state index in [9.17, 15) is 14.9 Å². The molecule has 0 saturated carbocycles. The molecular weight excluding hydrogens is 378 g/mol. The van der Waals surface area contributed by atoms with Gasteiger partial charge in [-0.15, -0.1) is 11.8 Å². The number of nitrogens with one attached hydrogen (secondary N) is 1. The maximum absolute atomic E-state index is 12.0. The quantitative estimate of drug-likeness (QED) is 0.347. The Balaban J connectivity index is 1.47. The van der Waals surface area contributed by atoms with E-state index < -0.39 is 4.92 Å². The summed E-state index contributed by atoms with van der Waals surface area (Å²) in [6.45, 7) is -0.237. The molecule has 3 rings (SSSR count). The normalized spacial score (nSPS) is 10.3. The summed E-state index contributed by atoms with van der Waals surface area (Å²) in [6.07, 6.45) is 3.58. The van der Waals surface area contributed by atoms with Gasteiger partial charge in [0.05, 0.1) is 11.0 Å². The van der Waals surface area contributed by atoms with E-state index in [1.807, 2.05) is 42.6 Å². The van der Waals surface area contributed by atoms with Crippen LogP contribution in [0.15, 0.2) is 78.0 Å². The van der Waals surface area contributed by atoms with Crippen LogP contribution in [0.3, 0.4) is 0 Å². The number of carbonyl (C=O) groups excluding carboxylic acids is 1. The third-order valence-electron chi connectivity index (χ3n) is 3.66. The number of nitrogens with zero attached hydrogens (tertiary/aromatic N) is 2. The number of anilines is 1. The van der Waals surface area contributed by atoms with Gasteiger partial charge >= 0.3 is 0 Å². The molecule has 0 aliphatic rings. The third-order valence-corrected chi connectivity index (χ3v) is 4.75. The first-order valence-electron chi connectivity index (χ1n) is 8.39. The molecule has 2 aromatic carbocycles. The van der Waals surface area contributed by atoms with Gasteiger partial charge in [0, 0.05) is 34.8 Å². The van der Waals surface area contributed by atoms with Crippen molar-refractivity contribution in [2.24, 2.45) is 0 Å². The molecule has 1 aromatic heterocycles. The Hall–Kier alpha value is -3.39. The van der Waals surface area contributed by atoms with Crippen molar-refractivity contribution < 1.29 is 14.5 Å². The van der Waals surface area contributed by atoms with E-state index in [0.717, 1.165) is 16.2 Å². The Bertz CT molecular complexity index is 949. The Labute approximate surface area is 165 Å². The minimum atomic E-state index is -0.513. The first-order valence-corrected chi connectivity index (χ1v) is 9.37. The van der Waals surface area contributed by atoms with E-state index >= 15 is 0 Å². The molecule has 28 heavy (non-hydrogen) atoms. The number of aromatic nitrogens is 1. The maximum atomic E-state index is 12.0. The molecule has 1 heterocycles. The van der Waals surface area contributed by atoms with E-state index in [-0.39, 0.29) is 24.0 Å². The molecule has 7 nitrogen and oxygen atoms in total. The highest BCUT2D eigenvalue weighted by Gasteiger charge is 2.08. The van der Waals surface area contributed by atoms with Crippen LogP contribution in [0.25, 0.3) is 0 Å². The first-order chi connectivity index (χ1) is 13.6. The predicted molar refractivity (Wildman–Crippen MR) is 107 cm³/mol. The summed E-state index contributed by atoms with van der Waals surface area (Å²) < 4.78 is 5.32. The van der Waals surface area contributed by atoms with Gasteiger partial charge < -0.3 is 10.1 Å². The number of hydrogen-bond donors (Lipinski definition) is 1. The van der Waals surface area contributed by atoms with Crippen LogP contribution in [-0.4, -0.2) is 22.4 Å². The lowest BCUT2D eigenvalue weighted by atomic mass is 10.3. The topological polar surface area (TPSA) is 94.4 Å². The molecular formula is C20H17N3O4S. The van der Waals surface area contributed by atoms with Gasteiger partial charge in [-0.3, -0.25) is 19.9 Å². The summed E-state index contributed by atoms with van der Waals surface area (Å²) in [5.41, 5.74) is 1.71. The number of carbonyl (C=O) groups is 1. The van der Waals surface area contributed by atoms with Crippen molar-refractivity contribution in [3.63, 3.8) is 0 Å². The summed E-state index contributed by atoms with van der Waals surface area (Å²) in [5, 5.41) is 13.5. The smallest absolute Gasteiger partial charge is 0.273 e. The molecule has 3 aromatic rings. The van der Waals surface area contributed by atoms with Crippen LogP contribution in [0.4, 0.5) is 11.4 Å². The molecule has 142 valence electrons. The molecule has 0 saturated heterocycles. The van der Waals surface area contributed by atoms with E-state index in [0.29, 0.717) is 5.69 Å². The van der Waals surface area contributed by atoms with E-state index in [1.54, 1.807) is 24.0 Å². The minimum Gasteiger partial charge on any atom is -0.484 e. The zero-order valence-electron chi connectivity index (χ0n) is 14.8. The van der Waals surface area contributed by atoms with Crippen LogP contribution in [0.5, 0.6) is 5.75 Å². The molecule has 0 bridgehead atoms. The number of hydrogen-bond acceptors (Lipinski definition) is 6. The maximum Gasteiger partial charge on any atom is 0.273 e. The fraction of sp³-hybridized carbons (Fsp3) is 0.100. The molecule has 0 radical (unpaired) electrons. The summed E-state index contributed by atoms with van der Waals surface area (Å²) in [4.78, 5) is 27.4. The van der Waals surface area contributed by atoms with Crippen molar-refractivity contribution in [2.75, 3.05) is 11.9 Å². The standard InChI is InChI=1S/C20H17N3O4S/c24-20(13-27-18-5-1-4-17(11-18)23(25)26)22-16-6-8-19(9-7-16)28-14-15-3-2-10-21-12-15/h1-12H,13-14H2,(H,22,24). The molecule has 0 aliphatic carbocycles. The highest BCUT2D eigenvalue weighted by atomic mass is 32.2. The molecule has 1 amide bonds. The van der Waals surface area contributed by atoms with Crippen molar-refractivity contribution in [3.8, 4) is 5.75 Å². The summed E-state index contributed by atoms with van der Waals surface area (Å²) in [5.74, 6) is 0.741. The van der Waals surface area contributed by atoms with Gasteiger partial charge in [-0.2, -0.15) is 0 Å². The lowest BCUT2D eigenvalue weighted by Gasteiger charge is -2.08. The average molecular weight is 395 g/mol. The Morgan fingerprint density at radius 1 is 1.14 bits per heavy atom. The SMILES string of the molecule is O=C(COc1cccc([N+](=O)[O-])c1)Nc1ccc(SCc2cccnc2)cc1. The van der Waals surface area contributed by atoms with Gasteiger partial charge in [0.25, 0.3) is 11.6 Å². The van der Waals surface area contributed by atoms with Crippen molar-refractivity contribution in [2.45, 2.75) is 10.6 Å². The second-order valence-electron chi connectivity index (χ2n) is 5.77. The van der Waals surface area contributed by atoms with E-state index in [4.69, 9.17) is 4.74 Å². The van der Waals surface area contributed by atoms with Crippen LogP contribution >= 0.6 is 11.8 Å². The molecule has 1 N–H and O–H groups in total. The van der Waals surface area contributed by atoms with Crippen molar-refractivity contribution in [3.05, 3.63) is 88.7 Å². The second-order valence-corrected chi connectivity index (χ2v) is 6.81. The van der Waals surface area contributed by atoms with Crippen LogP contribution in [0, 0.1) is 10.1 Å². The van der Waals surface area contributed by atoms with Gasteiger partial charge in [-0.25, -0.2) is 0 Å². The number of nitro groups is 1. The minimum absolute atomic E-state index is 0.0859. The molecule has 0 fully saturated rings. The van der Waals surface area contributed by atoms with Gasteiger partial charge in [-0.05, 0) is 42.0 Å². The third kappa shape index (κ3) is 5.82. The highest BCUT2D eigenvalue weighted by Crippen LogP contribution is 2.24. The van der Waals surface area contributed by atoms with Crippen LogP contribution < -0.4 is 10.1 Å². The molecule has 0 aliphatic heterocycles. The summed E-state index contributed by atoms with van der Waals surface area (Å²) in [6, 6.07) is 17.1. The average Bonchev–Trinajstić information content (AvgIpc) is 2.73. The zero-order chi connectivity index (χ0) is 19.8. The van der Waals surface area contributed by atoms with Crippen molar-refractivity contribution >= 4 is 29.0 Å². The van der Waals surface area contributed by atoms with Gasteiger partial charge in [0.15, 0.2) is 6.61 Å². The van der Waals surface area contributed by atoms with Crippen LogP contribution in [-0.2, 0) is 10.5 Å². The van der Waals surface area contributed by atoms with Crippen LogP contribution in [0.2, 0.25) is 0 Å². The zero-order valence-corrected chi connectivity index (χ0v) is 15.6. The molecule has 0 spiro atoms. The molecule has 0 unspecified atom stereocenters. The molecule has 8 heteroatoms. The Morgan fingerprint density at radius 3 is 2.68 bits per heavy atom. The monoisotopic (exact) mass is 395 g/mol. The second kappa shape index (κ2) is 9.52. The fourth-order valence-corrected chi connectivity index (χ4v) is 3.15. The number of non-ortho nitro benzene ring substituents is 1. The Kier molecular flexibility index (Phi) is 6.59.